The van der Waals surface area contributed by atoms with Gasteiger partial charge in [0.2, 0.25) is 0 Å². The van der Waals surface area contributed by atoms with Crippen molar-refractivity contribution in [1.82, 2.24) is 5.32 Å². The molecular weight excluding hydrogens is 166 g/mol. The van der Waals surface area contributed by atoms with E-state index in [2.05, 4.69) is 5.32 Å². The van der Waals surface area contributed by atoms with Crippen molar-refractivity contribution < 1.29 is 9.47 Å². The van der Waals surface area contributed by atoms with Crippen LogP contribution in [0.15, 0.2) is 0 Å². The van der Waals surface area contributed by atoms with E-state index in [0.29, 0.717) is 0 Å². The molecule has 13 heavy (non-hydrogen) atoms. The maximum atomic E-state index is 5.35. The fourth-order valence-corrected chi connectivity index (χ4v) is 1.54. The maximum Gasteiger partial charge on any atom is 0.157 e. The quantitative estimate of drug-likeness (QED) is 0.613. The summed E-state index contributed by atoms with van der Waals surface area (Å²) in [4.78, 5) is 0. The van der Waals surface area contributed by atoms with Crippen molar-refractivity contribution in [2.75, 3.05) is 26.8 Å². The van der Waals surface area contributed by atoms with Crippen LogP contribution in [0.25, 0.3) is 0 Å². The van der Waals surface area contributed by atoms with Gasteiger partial charge in [-0.05, 0) is 32.9 Å². The molecule has 0 aromatic heterocycles. The predicted octanol–water partition coefficient (Wildman–Crippen LogP) is 1.53. The van der Waals surface area contributed by atoms with Crippen LogP contribution < -0.4 is 5.32 Å². The lowest BCUT2D eigenvalue weighted by molar-refractivity contribution is -0.0480. The molecule has 0 aromatic carbocycles. The minimum absolute atomic E-state index is 0.101. The molecule has 1 heterocycles. The number of unbranched alkanes of at least 4 members (excludes halogenated alkanes) is 3. The standard InChI is InChI=1S/C10H21NO2/c1-11-7-5-3-2-4-6-10-12-8-9-13-10/h10-11H,2-9H2,1H3. The first-order valence-corrected chi connectivity index (χ1v) is 5.31. The Bertz CT molecular complexity index is 113. The summed E-state index contributed by atoms with van der Waals surface area (Å²) in [5.74, 6) is 0. The summed E-state index contributed by atoms with van der Waals surface area (Å²) < 4.78 is 10.7. The van der Waals surface area contributed by atoms with Crippen LogP contribution in [-0.4, -0.2) is 33.1 Å². The van der Waals surface area contributed by atoms with Crippen molar-refractivity contribution in [3.05, 3.63) is 0 Å². The van der Waals surface area contributed by atoms with E-state index >= 15 is 0 Å². The zero-order chi connectivity index (χ0) is 9.36. The van der Waals surface area contributed by atoms with Gasteiger partial charge in [-0.1, -0.05) is 12.8 Å². The molecule has 0 bridgehead atoms. The molecule has 1 rings (SSSR count). The zero-order valence-corrected chi connectivity index (χ0v) is 8.55. The molecule has 0 aliphatic carbocycles. The van der Waals surface area contributed by atoms with Crippen molar-refractivity contribution in [1.29, 1.82) is 0 Å². The molecule has 0 amide bonds. The molecule has 0 spiro atoms. The smallest absolute Gasteiger partial charge is 0.157 e. The van der Waals surface area contributed by atoms with Crippen LogP contribution in [0.3, 0.4) is 0 Å². The Kier molecular flexibility index (Phi) is 6.15. The van der Waals surface area contributed by atoms with Gasteiger partial charge < -0.3 is 14.8 Å². The minimum atomic E-state index is 0.101. The van der Waals surface area contributed by atoms with E-state index in [1.807, 2.05) is 7.05 Å². The van der Waals surface area contributed by atoms with Gasteiger partial charge in [0.25, 0.3) is 0 Å². The topological polar surface area (TPSA) is 30.5 Å². The zero-order valence-electron chi connectivity index (χ0n) is 8.55. The van der Waals surface area contributed by atoms with E-state index in [9.17, 15) is 0 Å². The van der Waals surface area contributed by atoms with Crippen molar-refractivity contribution in [3.8, 4) is 0 Å². The van der Waals surface area contributed by atoms with E-state index in [0.717, 1.165) is 26.2 Å². The van der Waals surface area contributed by atoms with Crippen molar-refractivity contribution in [2.45, 2.75) is 38.4 Å². The van der Waals surface area contributed by atoms with Crippen LogP contribution in [0.5, 0.6) is 0 Å². The molecule has 1 aliphatic heterocycles. The molecule has 0 atom stereocenters. The first kappa shape index (κ1) is 11.0. The highest BCUT2D eigenvalue weighted by atomic mass is 16.7. The van der Waals surface area contributed by atoms with E-state index in [-0.39, 0.29) is 6.29 Å². The third-order valence-corrected chi connectivity index (χ3v) is 2.31. The first-order chi connectivity index (χ1) is 6.43. The van der Waals surface area contributed by atoms with Gasteiger partial charge in [-0.15, -0.1) is 0 Å². The molecule has 3 nitrogen and oxygen atoms in total. The van der Waals surface area contributed by atoms with Gasteiger partial charge in [-0.2, -0.15) is 0 Å². The number of hydrogen-bond donors (Lipinski definition) is 1. The third-order valence-electron chi connectivity index (χ3n) is 2.31. The summed E-state index contributed by atoms with van der Waals surface area (Å²) >= 11 is 0. The monoisotopic (exact) mass is 187 g/mol. The largest absolute Gasteiger partial charge is 0.350 e. The Balaban J connectivity index is 1.78. The first-order valence-electron chi connectivity index (χ1n) is 5.31. The summed E-state index contributed by atoms with van der Waals surface area (Å²) in [6.07, 6.45) is 6.29. The molecule has 1 aliphatic rings. The summed E-state index contributed by atoms with van der Waals surface area (Å²) in [5, 5.41) is 3.15. The Hall–Kier alpha value is -0.120. The van der Waals surface area contributed by atoms with Crippen LogP contribution in [0, 0.1) is 0 Å². The maximum absolute atomic E-state index is 5.35. The number of hydrogen-bond acceptors (Lipinski definition) is 3. The second kappa shape index (κ2) is 7.30. The predicted molar refractivity (Wildman–Crippen MR) is 52.7 cm³/mol. The molecule has 1 N–H and O–H groups in total. The summed E-state index contributed by atoms with van der Waals surface area (Å²) in [5.41, 5.74) is 0. The average molecular weight is 187 g/mol. The molecule has 78 valence electrons. The Morgan fingerprint density at radius 1 is 1.08 bits per heavy atom. The van der Waals surface area contributed by atoms with Crippen LogP contribution in [0.2, 0.25) is 0 Å². The van der Waals surface area contributed by atoms with Gasteiger partial charge in [0.05, 0.1) is 13.2 Å². The Morgan fingerprint density at radius 3 is 2.46 bits per heavy atom. The van der Waals surface area contributed by atoms with Crippen molar-refractivity contribution >= 4 is 0 Å². The molecule has 1 saturated heterocycles. The lowest BCUT2D eigenvalue weighted by Crippen LogP contribution is -2.08. The fraction of sp³-hybridized carbons (Fsp3) is 1.00. The normalized spacial score (nSPS) is 18.2. The van der Waals surface area contributed by atoms with Crippen molar-refractivity contribution in [3.63, 3.8) is 0 Å². The lowest BCUT2D eigenvalue weighted by Gasteiger charge is -2.07. The van der Waals surface area contributed by atoms with Crippen LogP contribution in [0.1, 0.15) is 32.1 Å². The Labute approximate surface area is 80.8 Å². The highest BCUT2D eigenvalue weighted by Crippen LogP contribution is 2.12. The summed E-state index contributed by atoms with van der Waals surface area (Å²) in [6, 6.07) is 0. The van der Waals surface area contributed by atoms with Crippen molar-refractivity contribution in [2.24, 2.45) is 0 Å². The molecule has 0 saturated carbocycles. The van der Waals surface area contributed by atoms with Gasteiger partial charge in [-0.3, -0.25) is 0 Å². The summed E-state index contributed by atoms with van der Waals surface area (Å²) in [6.45, 7) is 2.70. The van der Waals surface area contributed by atoms with Gasteiger partial charge in [0.15, 0.2) is 6.29 Å². The third kappa shape index (κ3) is 5.24. The second-order valence-electron chi connectivity index (χ2n) is 3.48. The van der Waals surface area contributed by atoms with Crippen LogP contribution >= 0.6 is 0 Å². The van der Waals surface area contributed by atoms with Crippen LogP contribution in [0.4, 0.5) is 0 Å². The fourth-order valence-electron chi connectivity index (χ4n) is 1.54. The minimum Gasteiger partial charge on any atom is -0.350 e. The van der Waals surface area contributed by atoms with E-state index in [1.54, 1.807) is 0 Å². The van der Waals surface area contributed by atoms with Gasteiger partial charge in [-0.25, -0.2) is 0 Å². The molecule has 1 fully saturated rings. The van der Waals surface area contributed by atoms with E-state index < -0.39 is 0 Å². The number of nitrogens with one attached hydrogen (secondary N) is 1. The summed E-state index contributed by atoms with van der Waals surface area (Å²) in [7, 11) is 2.00. The molecule has 0 aromatic rings. The SMILES string of the molecule is CNCCCCCCC1OCCO1. The molecular formula is C10H21NO2. The molecule has 0 radical (unpaired) electrons. The Morgan fingerprint density at radius 2 is 1.77 bits per heavy atom. The molecule has 3 heteroatoms. The lowest BCUT2D eigenvalue weighted by atomic mass is 10.1. The van der Waals surface area contributed by atoms with Gasteiger partial charge in [0.1, 0.15) is 0 Å². The highest BCUT2D eigenvalue weighted by molar-refractivity contribution is 4.53. The van der Waals surface area contributed by atoms with E-state index in [4.69, 9.17) is 9.47 Å². The highest BCUT2D eigenvalue weighted by Gasteiger charge is 2.14. The second-order valence-corrected chi connectivity index (χ2v) is 3.48. The molecule has 0 unspecified atom stereocenters. The number of rotatable bonds is 7. The average Bonchev–Trinajstić information content (AvgIpc) is 2.63. The van der Waals surface area contributed by atoms with Crippen LogP contribution in [-0.2, 0) is 9.47 Å². The number of ether oxygens (including phenoxy) is 2. The van der Waals surface area contributed by atoms with Gasteiger partial charge in [0, 0.05) is 0 Å². The van der Waals surface area contributed by atoms with E-state index in [1.165, 1.54) is 25.7 Å². The van der Waals surface area contributed by atoms with Gasteiger partial charge >= 0.3 is 0 Å².